The number of benzene rings is 2. The van der Waals surface area contributed by atoms with Gasteiger partial charge in [0.15, 0.2) is 0 Å². The zero-order valence-corrected chi connectivity index (χ0v) is 38.8. The first-order chi connectivity index (χ1) is 31.2. The normalized spacial score (nSPS) is 22.8. The van der Waals surface area contributed by atoms with E-state index in [0.29, 0.717) is 48.8 Å². The number of nitro groups is 1. The Labute approximate surface area is 384 Å². The summed E-state index contributed by atoms with van der Waals surface area (Å²) < 4.78 is 35.9. The minimum Gasteiger partial charge on any atom is -0.455 e. The predicted molar refractivity (Wildman–Crippen MR) is 253 cm³/mol. The molecule has 4 N–H and O–H groups in total. The van der Waals surface area contributed by atoms with Crippen LogP contribution in [0.1, 0.15) is 106 Å². The lowest BCUT2D eigenvalue weighted by Gasteiger charge is -2.57. The van der Waals surface area contributed by atoms with E-state index < -0.39 is 37.0 Å². The maximum absolute atomic E-state index is 14.0. The number of rotatable bonds is 13. The minimum atomic E-state index is -4.63. The number of fused-ring (bicyclic) bond motifs is 1. The van der Waals surface area contributed by atoms with Crippen LogP contribution < -0.4 is 19.7 Å². The Morgan fingerprint density at radius 2 is 1.80 bits per heavy atom. The van der Waals surface area contributed by atoms with Crippen LogP contribution in [-0.4, -0.2) is 93.5 Å². The van der Waals surface area contributed by atoms with Crippen LogP contribution >= 0.6 is 11.8 Å². The van der Waals surface area contributed by atoms with Gasteiger partial charge >= 0.3 is 5.69 Å². The van der Waals surface area contributed by atoms with Gasteiger partial charge in [0, 0.05) is 79.2 Å². The van der Waals surface area contributed by atoms with E-state index in [1.165, 1.54) is 30.2 Å². The topological polar surface area (TPSA) is 196 Å². The van der Waals surface area contributed by atoms with Crippen molar-refractivity contribution in [3.8, 4) is 11.5 Å². The lowest BCUT2D eigenvalue weighted by molar-refractivity contribution is -0.384. The van der Waals surface area contributed by atoms with E-state index in [0.717, 1.165) is 80.2 Å². The molecule has 15 nitrogen and oxygen atoms in total. The molecule has 344 valence electrons. The van der Waals surface area contributed by atoms with Crippen molar-refractivity contribution in [2.75, 3.05) is 47.9 Å². The van der Waals surface area contributed by atoms with Gasteiger partial charge in [0.2, 0.25) is 5.82 Å². The van der Waals surface area contributed by atoms with Gasteiger partial charge in [-0.05, 0) is 111 Å². The van der Waals surface area contributed by atoms with Gasteiger partial charge in [-0.1, -0.05) is 38.1 Å². The molecule has 65 heavy (non-hydrogen) atoms. The number of pyridine rings is 2. The standard InChI is InChI=1S/C48H58N8O7S2/c1-31(2)38-6-4-5-7-39(38)42-30-64-21-20-55(42)35-25-48(26-35)15-18-54(19-16-48)34-8-9-40(43(23-34)63-36-22-33-12-17-49-44(33)51-28-36)46(57)53-65(61,62)37-24-41(56(59)60)45(52-29-37)50-27-32-10-13-47(3,58)14-11-32/h4-9,12,17,22-24,28-29,31-32,35,42,58H,10-11,13-16,18-21,25-27,30H2,1-3H3,(H,49,51)(H,50,52)(H,53,57)/t32-,42-,47-/m0/s1. The fourth-order valence-electron chi connectivity index (χ4n) is 10.4. The van der Waals surface area contributed by atoms with Crippen molar-refractivity contribution in [2.45, 2.75) is 101 Å². The summed E-state index contributed by atoms with van der Waals surface area (Å²) in [6.45, 7) is 9.52. The summed E-state index contributed by atoms with van der Waals surface area (Å²) in [4.78, 5) is 41.6. The van der Waals surface area contributed by atoms with Gasteiger partial charge in [-0.15, -0.1) is 0 Å². The smallest absolute Gasteiger partial charge is 0.312 e. The number of thioether (sulfide) groups is 1. The highest BCUT2D eigenvalue weighted by molar-refractivity contribution is 7.99. The molecule has 1 atom stereocenters. The molecule has 17 heteroatoms. The average molecular weight is 923 g/mol. The number of nitrogens with zero attached hydrogens (tertiary/aromatic N) is 5. The Bertz CT molecular complexity index is 2660. The quantitative estimate of drug-likeness (QED) is 0.0647. The predicted octanol–water partition coefficient (Wildman–Crippen LogP) is 8.79. The van der Waals surface area contributed by atoms with Gasteiger partial charge < -0.3 is 25.0 Å². The third kappa shape index (κ3) is 9.70. The van der Waals surface area contributed by atoms with Crippen molar-refractivity contribution >= 4 is 55.9 Å². The van der Waals surface area contributed by atoms with Crippen molar-refractivity contribution in [3.05, 3.63) is 106 Å². The molecule has 2 aliphatic heterocycles. The van der Waals surface area contributed by atoms with Crippen LogP contribution in [-0.2, 0) is 10.0 Å². The Hall–Kier alpha value is -5.23. The molecule has 2 saturated heterocycles. The number of aromatic nitrogens is 3. The van der Waals surface area contributed by atoms with Crippen molar-refractivity contribution in [3.63, 3.8) is 0 Å². The summed E-state index contributed by atoms with van der Waals surface area (Å²) in [5, 5.41) is 26.2. The molecule has 4 aliphatic rings. The fourth-order valence-corrected chi connectivity index (χ4v) is 12.4. The van der Waals surface area contributed by atoms with Crippen molar-refractivity contribution in [2.24, 2.45) is 11.3 Å². The second-order valence-electron chi connectivity index (χ2n) is 19.1. The Morgan fingerprint density at radius 1 is 1.03 bits per heavy atom. The summed E-state index contributed by atoms with van der Waals surface area (Å²) in [5.41, 5.74) is 3.43. The molecule has 1 spiro atoms. The van der Waals surface area contributed by atoms with Crippen LogP contribution in [0.5, 0.6) is 11.5 Å². The van der Waals surface area contributed by atoms with Gasteiger partial charge in [0.05, 0.1) is 28.5 Å². The van der Waals surface area contributed by atoms with E-state index in [1.807, 2.05) is 12.1 Å². The number of carbonyl (C=O) groups is 1. The third-order valence-corrected chi connectivity index (χ3v) is 16.6. The summed E-state index contributed by atoms with van der Waals surface area (Å²) in [6, 6.07) is 19.7. The molecule has 0 radical (unpaired) electrons. The van der Waals surface area contributed by atoms with E-state index in [-0.39, 0.29) is 28.5 Å². The first-order valence-corrected chi connectivity index (χ1v) is 25.4. The lowest BCUT2D eigenvalue weighted by atomic mass is 9.59. The van der Waals surface area contributed by atoms with Crippen molar-refractivity contribution < 1.29 is 28.0 Å². The van der Waals surface area contributed by atoms with Crippen molar-refractivity contribution in [1.82, 2.24) is 24.6 Å². The van der Waals surface area contributed by atoms with Crippen LogP contribution in [0.15, 0.2) is 84.1 Å². The number of H-pyrrole nitrogens is 1. The molecule has 2 saturated carbocycles. The van der Waals surface area contributed by atoms with Crippen LogP contribution in [0, 0.1) is 21.4 Å². The number of anilines is 2. The van der Waals surface area contributed by atoms with Crippen LogP contribution in [0.3, 0.4) is 0 Å². The molecular formula is C48H58N8O7S2. The summed E-state index contributed by atoms with van der Waals surface area (Å²) in [6.07, 6.45) is 11.5. The zero-order valence-electron chi connectivity index (χ0n) is 37.2. The van der Waals surface area contributed by atoms with Gasteiger partial charge in [0.25, 0.3) is 15.9 Å². The van der Waals surface area contributed by atoms with E-state index in [2.05, 4.69) is 84.7 Å². The first kappa shape index (κ1) is 44.9. The number of hydrogen-bond acceptors (Lipinski definition) is 13. The number of ether oxygens (including phenoxy) is 1. The van der Waals surface area contributed by atoms with Crippen molar-refractivity contribution in [1.29, 1.82) is 0 Å². The highest BCUT2D eigenvalue weighted by Crippen LogP contribution is 2.54. The molecule has 4 fully saturated rings. The van der Waals surface area contributed by atoms with E-state index in [1.54, 1.807) is 31.3 Å². The SMILES string of the molecule is CC(C)c1ccccc1[C@@H]1CSCCN1C1CC2(CCN(c3ccc(C(=O)NS(=O)(=O)c4cnc(NC[C@H]5CC[C@](C)(O)CC5)c([N+](=O)[O-])c4)c(Oc4cnc5[nH]ccc5c4)c3)CC2)C1. The molecule has 1 amide bonds. The fraction of sp³-hybridized carbons (Fsp3) is 0.479. The molecule has 0 bridgehead atoms. The number of aliphatic hydroxyl groups is 1. The molecule has 2 aliphatic carbocycles. The zero-order chi connectivity index (χ0) is 45.5. The van der Waals surface area contributed by atoms with Crippen LogP contribution in [0.25, 0.3) is 11.0 Å². The Balaban J connectivity index is 0.898. The Morgan fingerprint density at radius 3 is 2.55 bits per heavy atom. The number of aromatic amines is 1. The average Bonchev–Trinajstić information content (AvgIpc) is 3.76. The maximum atomic E-state index is 14.0. The van der Waals surface area contributed by atoms with E-state index in [9.17, 15) is 28.4 Å². The minimum absolute atomic E-state index is 0.0395. The lowest BCUT2D eigenvalue weighted by Crippen LogP contribution is -2.57. The number of nitrogens with one attached hydrogen (secondary N) is 3. The first-order valence-electron chi connectivity index (χ1n) is 22.8. The molecular weight excluding hydrogens is 865 g/mol. The van der Waals surface area contributed by atoms with Gasteiger partial charge in [0.1, 0.15) is 22.0 Å². The number of sulfonamides is 1. The highest BCUT2D eigenvalue weighted by atomic mass is 32.2. The third-order valence-electron chi connectivity index (χ3n) is 14.3. The summed E-state index contributed by atoms with van der Waals surface area (Å²) in [5.74, 6) is 2.39. The molecule has 3 aromatic heterocycles. The number of piperidine rings is 1. The van der Waals surface area contributed by atoms with Gasteiger partial charge in [-0.2, -0.15) is 11.8 Å². The van der Waals surface area contributed by atoms with Crippen LogP contribution in [0.2, 0.25) is 0 Å². The van der Waals surface area contributed by atoms with Crippen LogP contribution in [0.4, 0.5) is 17.2 Å². The summed E-state index contributed by atoms with van der Waals surface area (Å²) in [7, 11) is -4.63. The second-order valence-corrected chi connectivity index (χ2v) is 21.9. The van der Waals surface area contributed by atoms with Gasteiger partial charge in [-0.3, -0.25) is 19.8 Å². The highest BCUT2D eigenvalue weighted by Gasteiger charge is 2.49. The summed E-state index contributed by atoms with van der Waals surface area (Å²) >= 11 is 2.06. The molecule has 9 rings (SSSR count). The Kier molecular flexibility index (Phi) is 12.6. The number of carbonyl (C=O) groups excluding carboxylic acids is 1. The molecule has 0 unspecified atom stereocenters. The number of hydrogen-bond donors (Lipinski definition) is 4. The molecule has 5 aromatic rings. The monoisotopic (exact) mass is 922 g/mol. The number of amides is 1. The molecule has 2 aromatic carbocycles. The van der Waals surface area contributed by atoms with E-state index in [4.69, 9.17) is 4.74 Å². The second kappa shape index (κ2) is 18.2. The van der Waals surface area contributed by atoms with E-state index >= 15 is 0 Å². The van der Waals surface area contributed by atoms with Gasteiger partial charge in [-0.25, -0.2) is 23.1 Å². The largest absolute Gasteiger partial charge is 0.455 e. The molecule has 5 heterocycles. The maximum Gasteiger partial charge on any atom is 0.312 e.